The van der Waals surface area contributed by atoms with Crippen molar-refractivity contribution < 1.29 is 4.42 Å². The number of hydrogen-bond donors (Lipinski definition) is 0. The molecule has 0 saturated heterocycles. The molecule has 0 atom stereocenters. The minimum Gasteiger partial charge on any atom is -0.425 e. The SMILES string of the molecule is [CH2]c1nnc(C2CC2)o1. The van der Waals surface area contributed by atoms with Crippen LogP contribution >= 0.6 is 0 Å². The van der Waals surface area contributed by atoms with Gasteiger partial charge < -0.3 is 4.42 Å². The molecule has 0 amide bonds. The van der Waals surface area contributed by atoms with Crippen LogP contribution in [0.4, 0.5) is 0 Å². The van der Waals surface area contributed by atoms with Crippen LogP contribution in [0, 0.1) is 6.92 Å². The molecule has 3 heteroatoms. The summed E-state index contributed by atoms with van der Waals surface area (Å²) in [5, 5.41) is 7.45. The van der Waals surface area contributed by atoms with Crippen LogP contribution in [0.1, 0.15) is 30.5 Å². The van der Waals surface area contributed by atoms with Gasteiger partial charge in [0.1, 0.15) is 0 Å². The molecule has 0 aromatic carbocycles. The lowest BCUT2D eigenvalue weighted by molar-refractivity contribution is 0.481. The van der Waals surface area contributed by atoms with E-state index in [9.17, 15) is 0 Å². The number of aromatic nitrogens is 2. The molecule has 3 nitrogen and oxygen atoms in total. The van der Waals surface area contributed by atoms with Gasteiger partial charge in [0.15, 0.2) is 0 Å². The number of nitrogens with zero attached hydrogens (tertiary/aromatic N) is 2. The third kappa shape index (κ3) is 0.823. The monoisotopic (exact) mass is 123 g/mol. The predicted octanol–water partition coefficient (Wildman–Crippen LogP) is 1.13. The summed E-state index contributed by atoms with van der Waals surface area (Å²) in [4.78, 5) is 0. The number of hydrogen-bond acceptors (Lipinski definition) is 3. The fourth-order valence-corrected chi connectivity index (χ4v) is 0.762. The van der Waals surface area contributed by atoms with Crippen molar-refractivity contribution in [3.8, 4) is 0 Å². The Kier molecular flexibility index (Phi) is 0.860. The average Bonchev–Trinajstić information content (AvgIpc) is 2.58. The van der Waals surface area contributed by atoms with Crippen LogP contribution in [-0.2, 0) is 0 Å². The van der Waals surface area contributed by atoms with Crippen molar-refractivity contribution in [1.82, 2.24) is 10.2 Å². The second-order valence-corrected chi connectivity index (χ2v) is 2.31. The minimum atomic E-state index is 0.428. The Bertz CT molecular complexity index is 215. The lowest BCUT2D eigenvalue weighted by Gasteiger charge is -1.80. The summed E-state index contributed by atoms with van der Waals surface area (Å²) in [7, 11) is 0. The summed E-state index contributed by atoms with van der Waals surface area (Å²) >= 11 is 0. The predicted molar refractivity (Wildman–Crippen MR) is 30.7 cm³/mol. The van der Waals surface area contributed by atoms with E-state index in [0.29, 0.717) is 11.8 Å². The van der Waals surface area contributed by atoms with Crippen molar-refractivity contribution in [2.45, 2.75) is 18.8 Å². The van der Waals surface area contributed by atoms with Gasteiger partial charge in [0, 0.05) is 12.8 Å². The topological polar surface area (TPSA) is 38.9 Å². The van der Waals surface area contributed by atoms with Crippen LogP contribution < -0.4 is 0 Å². The van der Waals surface area contributed by atoms with E-state index in [1.165, 1.54) is 12.8 Å². The zero-order valence-corrected chi connectivity index (χ0v) is 5.00. The summed E-state index contributed by atoms with van der Waals surface area (Å²) in [6, 6.07) is 0. The molecular weight excluding hydrogens is 116 g/mol. The van der Waals surface area contributed by atoms with Gasteiger partial charge in [-0.05, 0) is 12.8 Å². The maximum atomic E-state index is 5.07. The van der Waals surface area contributed by atoms with E-state index in [1.807, 2.05) is 0 Å². The van der Waals surface area contributed by atoms with E-state index in [2.05, 4.69) is 17.1 Å². The molecule has 47 valence electrons. The zero-order valence-electron chi connectivity index (χ0n) is 5.00. The van der Waals surface area contributed by atoms with E-state index in [4.69, 9.17) is 4.42 Å². The fraction of sp³-hybridized carbons (Fsp3) is 0.500. The van der Waals surface area contributed by atoms with Crippen molar-refractivity contribution in [3.05, 3.63) is 18.7 Å². The first-order chi connectivity index (χ1) is 4.36. The molecule has 0 unspecified atom stereocenters. The number of rotatable bonds is 1. The summed E-state index contributed by atoms with van der Waals surface area (Å²) in [6.45, 7) is 3.51. The third-order valence-electron chi connectivity index (χ3n) is 1.41. The standard InChI is InChI=1S/C6H7N2O/c1-4-7-8-6(9-4)5-2-3-5/h5H,1-3H2. The first kappa shape index (κ1) is 4.97. The van der Waals surface area contributed by atoms with Crippen LogP contribution in [-0.4, -0.2) is 10.2 Å². The molecule has 1 aromatic rings. The van der Waals surface area contributed by atoms with E-state index in [0.717, 1.165) is 5.89 Å². The van der Waals surface area contributed by atoms with Gasteiger partial charge in [0.2, 0.25) is 11.8 Å². The van der Waals surface area contributed by atoms with Gasteiger partial charge in [-0.15, -0.1) is 10.2 Å². The summed E-state index contributed by atoms with van der Waals surface area (Å²) in [5.74, 6) is 1.74. The maximum Gasteiger partial charge on any atom is 0.219 e. The molecule has 1 aliphatic rings. The van der Waals surface area contributed by atoms with E-state index in [-0.39, 0.29) is 0 Å². The van der Waals surface area contributed by atoms with Crippen LogP contribution in [0.2, 0.25) is 0 Å². The van der Waals surface area contributed by atoms with Crippen LogP contribution in [0.25, 0.3) is 0 Å². The first-order valence-electron chi connectivity index (χ1n) is 3.01. The molecule has 0 N–H and O–H groups in total. The van der Waals surface area contributed by atoms with E-state index >= 15 is 0 Å². The maximum absolute atomic E-state index is 5.07. The van der Waals surface area contributed by atoms with Gasteiger partial charge >= 0.3 is 0 Å². The molecule has 0 spiro atoms. The molecule has 1 aliphatic carbocycles. The lowest BCUT2D eigenvalue weighted by Crippen LogP contribution is -1.75. The molecule has 2 rings (SSSR count). The van der Waals surface area contributed by atoms with Crippen LogP contribution in [0.5, 0.6) is 0 Å². The molecule has 1 saturated carbocycles. The van der Waals surface area contributed by atoms with Crippen molar-refractivity contribution in [3.63, 3.8) is 0 Å². The largest absolute Gasteiger partial charge is 0.425 e. The Morgan fingerprint density at radius 1 is 1.44 bits per heavy atom. The van der Waals surface area contributed by atoms with E-state index in [1.54, 1.807) is 0 Å². The first-order valence-corrected chi connectivity index (χ1v) is 3.01. The second kappa shape index (κ2) is 1.56. The van der Waals surface area contributed by atoms with Gasteiger partial charge in [0.25, 0.3) is 0 Å². The smallest absolute Gasteiger partial charge is 0.219 e. The quantitative estimate of drug-likeness (QED) is 0.561. The molecule has 0 bridgehead atoms. The molecule has 0 aliphatic heterocycles. The van der Waals surface area contributed by atoms with Gasteiger partial charge in [-0.2, -0.15) is 0 Å². The molecular formula is C6H7N2O. The highest BCUT2D eigenvalue weighted by molar-refractivity contribution is 5.00. The fourth-order valence-electron chi connectivity index (χ4n) is 0.762. The van der Waals surface area contributed by atoms with E-state index < -0.39 is 0 Å². The average molecular weight is 123 g/mol. The van der Waals surface area contributed by atoms with Gasteiger partial charge in [-0.1, -0.05) is 0 Å². The third-order valence-corrected chi connectivity index (χ3v) is 1.41. The second-order valence-electron chi connectivity index (χ2n) is 2.31. The van der Waals surface area contributed by atoms with Gasteiger partial charge in [-0.25, -0.2) is 0 Å². The molecule has 1 aromatic heterocycles. The molecule has 1 heterocycles. The van der Waals surface area contributed by atoms with Gasteiger partial charge in [-0.3, -0.25) is 0 Å². The Labute approximate surface area is 53.1 Å². The Hall–Kier alpha value is -0.860. The highest BCUT2D eigenvalue weighted by Crippen LogP contribution is 2.38. The van der Waals surface area contributed by atoms with Gasteiger partial charge in [0.05, 0.1) is 0 Å². The van der Waals surface area contributed by atoms with Crippen molar-refractivity contribution in [2.75, 3.05) is 0 Å². The molecule has 1 fully saturated rings. The van der Waals surface area contributed by atoms with Crippen molar-refractivity contribution in [2.24, 2.45) is 0 Å². The van der Waals surface area contributed by atoms with Crippen molar-refractivity contribution >= 4 is 0 Å². The minimum absolute atomic E-state index is 0.428. The summed E-state index contributed by atoms with van der Waals surface area (Å²) in [5.41, 5.74) is 0. The molecule has 9 heavy (non-hydrogen) atoms. The van der Waals surface area contributed by atoms with Crippen LogP contribution in [0.3, 0.4) is 0 Å². The lowest BCUT2D eigenvalue weighted by atomic mass is 10.4. The Morgan fingerprint density at radius 3 is 2.67 bits per heavy atom. The summed E-state index contributed by atoms with van der Waals surface area (Å²) < 4.78 is 5.07. The highest BCUT2D eigenvalue weighted by atomic mass is 16.4. The van der Waals surface area contributed by atoms with Crippen LogP contribution in [0.15, 0.2) is 4.42 Å². The highest BCUT2D eigenvalue weighted by Gasteiger charge is 2.28. The normalized spacial score (nSPS) is 18.3. The zero-order chi connectivity index (χ0) is 6.27. The van der Waals surface area contributed by atoms with Crippen molar-refractivity contribution in [1.29, 1.82) is 0 Å². The molecule has 1 radical (unpaired) electrons. The summed E-state index contributed by atoms with van der Waals surface area (Å²) in [6.07, 6.45) is 2.39. The Balaban J connectivity index is 2.28. The Morgan fingerprint density at radius 2 is 2.22 bits per heavy atom.